The Balaban J connectivity index is 2.93. The van der Waals surface area contributed by atoms with Gasteiger partial charge in [-0.15, -0.1) is 5.92 Å². The number of aliphatic carboxylic acids is 1. The number of Topliss-reactive ketones (excluding diaryl/α,β-unsaturated/α-hetero) is 1. The number of carboxylic acid groups (broad SMARTS) is 1. The van der Waals surface area contributed by atoms with Crippen LogP contribution in [0.25, 0.3) is 0 Å². The molecular formula is C37H54N2O9. The molecule has 1 rings (SSSR count). The number of hydrogen-bond donors (Lipinski definition) is 4. The number of aliphatic hydroxyl groups is 1. The van der Waals surface area contributed by atoms with Crippen LogP contribution >= 0.6 is 0 Å². The second kappa shape index (κ2) is 24.0. The molecule has 11 heteroatoms. The number of unbranched alkanes of at least 4 members (excludes halogenated alkanes) is 8. The zero-order valence-electron chi connectivity index (χ0n) is 29.0. The average Bonchev–Trinajstić information content (AvgIpc) is 3.07. The van der Waals surface area contributed by atoms with E-state index >= 15 is 0 Å². The summed E-state index contributed by atoms with van der Waals surface area (Å²) in [5.41, 5.74) is -2.14. The van der Waals surface area contributed by atoms with Gasteiger partial charge >= 0.3 is 11.9 Å². The third kappa shape index (κ3) is 16.1. The van der Waals surface area contributed by atoms with Crippen LogP contribution in [0.1, 0.15) is 103 Å². The summed E-state index contributed by atoms with van der Waals surface area (Å²) in [5, 5.41) is 26.0. The number of rotatable bonds is 25. The van der Waals surface area contributed by atoms with E-state index in [-0.39, 0.29) is 13.0 Å². The van der Waals surface area contributed by atoms with Gasteiger partial charge in [0.05, 0.1) is 19.4 Å². The predicted octanol–water partition coefficient (Wildman–Crippen LogP) is 4.68. The van der Waals surface area contributed by atoms with Gasteiger partial charge < -0.3 is 30.3 Å². The molecule has 3 atom stereocenters. The first-order valence-electron chi connectivity index (χ1n) is 16.9. The van der Waals surface area contributed by atoms with Gasteiger partial charge in [-0.1, -0.05) is 75.7 Å². The topological polar surface area (TPSA) is 168 Å². The predicted molar refractivity (Wildman–Crippen MR) is 183 cm³/mol. The number of carbonyl (C=O) groups excluding carboxylic acids is 4. The summed E-state index contributed by atoms with van der Waals surface area (Å²) in [6.07, 6.45) is 12.4. The van der Waals surface area contributed by atoms with Crippen LogP contribution in [0.2, 0.25) is 0 Å². The minimum absolute atomic E-state index is 0.00615. The number of esters is 1. The van der Waals surface area contributed by atoms with Gasteiger partial charge in [0.1, 0.15) is 24.2 Å². The van der Waals surface area contributed by atoms with Crippen LogP contribution in [0.3, 0.4) is 0 Å². The van der Waals surface area contributed by atoms with Crippen molar-refractivity contribution in [2.24, 2.45) is 5.92 Å². The molecular weight excluding hydrogens is 616 g/mol. The molecule has 48 heavy (non-hydrogen) atoms. The Morgan fingerprint density at radius 2 is 1.58 bits per heavy atom. The van der Waals surface area contributed by atoms with Crippen molar-refractivity contribution in [1.82, 2.24) is 10.6 Å². The van der Waals surface area contributed by atoms with Crippen molar-refractivity contribution in [3.05, 3.63) is 42.0 Å². The summed E-state index contributed by atoms with van der Waals surface area (Å²) in [6.45, 7) is 4.08. The van der Waals surface area contributed by atoms with Gasteiger partial charge in [0.25, 0.3) is 0 Å². The molecule has 0 unspecified atom stereocenters. The SMILES string of the molecule is CC#CCOc1ccc(C[C@H](NC(=O)[C@@H](C=CCCCCCCC(=O)CCCCCCC)[C@@](O)(CC(=O)NC)C(=O)O)C(=O)OC)cc1. The summed E-state index contributed by atoms with van der Waals surface area (Å²) < 4.78 is 10.4. The van der Waals surface area contributed by atoms with Crippen molar-refractivity contribution in [3.8, 4) is 17.6 Å². The fourth-order valence-corrected chi connectivity index (χ4v) is 5.08. The van der Waals surface area contributed by atoms with Gasteiger partial charge in [-0.05, 0) is 50.3 Å². The number of carbonyl (C=O) groups is 5. The molecule has 0 radical (unpaired) electrons. The van der Waals surface area contributed by atoms with Crippen molar-refractivity contribution in [1.29, 1.82) is 0 Å². The smallest absolute Gasteiger partial charge is 0.337 e. The van der Waals surface area contributed by atoms with Gasteiger partial charge in [0, 0.05) is 26.3 Å². The molecule has 0 fully saturated rings. The molecule has 0 aliphatic carbocycles. The molecule has 0 bridgehead atoms. The number of methoxy groups -OCH3 is 1. The van der Waals surface area contributed by atoms with E-state index in [1.54, 1.807) is 37.3 Å². The molecule has 0 saturated heterocycles. The third-order valence-corrected chi connectivity index (χ3v) is 7.99. The lowest BCUT2D eigenvalue weighted by Crippen LogP contribution is -2.56. The molecule has 4 N–H and O–H groups in total. The van der Waals surface area contributed by atoms with Gasteiger partial charge in [0.2, 0.25) is 11.8 Å². The Kier molecular flexibility index (Phi) is 21.0. The fourth-order valence-electron chi connectivity index (χ4n) is 5.08. The largest absolute Gasteiger partial charge is 0.481 e. The lowest BCUT2D eigenvalue weighted by Gasteiger charge is -2.30. The molecule has 0 heterocycles. The number of ether oxygens (including phenoxy) is 2. The Labute approximate surface area is 285 Å². The molecule has 2 amide bonds. The standard InChI is InChI=1S/C37H54N2O9/c1-5-7-9-12-15-18-29(40)19-16-13-10-11-14-17-20-31(37(46,36(44)45)27-33(41)38-3)34(42)39-32(35(43)47-4)26-28-21-23-30(24-22-28)48-25-8-6-2/h17,20-24,31-32,46H,5,7,9-16,18-19,25-27H2,1-4H3,(H,38,41)(H,39,42)(H,44,45)/t31-,32+,37+/m1/s1. The van der Waals surface area contributed by atoms with Gasteiger partial charge in [0.15, 0.2) is 5.60 Å². The van der Waals surface area contributed by atoms with Crippen LogP contribution in [-0.4, -0.2) is 72.2 Å². The summed E-state index contributed by atoms with van der Waals surface area (Å²) in [4.78, 5) is 62.9. The maximum absolute atomic E-state index is 13.6. The minimum atomic E-state index is -2.79. The van der Waals surface area contributed by atoms with Crippen molar-refractivity contribution in [3.63, 3.8) is 0 Å². The molecule has 0 aliphatic heterocycles. The van der Waals surface area contributed by atoms with Gasteiger partial charge in [-0.25, -0.2) is 9.59 Å². The third-order valence-electron chi connectivity index (χ3n) is 7.99. The Hall–Kier alpha value is -4.17. The van der Waals surface area contributed by atoms with E-state index in [4.69, 9.17) is 9.47 Å². The number of ketones is 1. The number of amides is 2. The van der Waals surface area contributed by atoms with Gasteiger partial charge in [-0.2, -0.15) is 0 Å². The Morgan fingerprint density at radius 3 is 2.15 bits per heavy atom. The zero-order valence-corrected chi connectivity index (χ0v) is 29.0. The number of carboxylic acids is 1. The van der Waals surface area contributed by atoms with E-state index < -0.39 is 47.7 Å². The number of allylic oxidation sites excluding steroid dienone is 1. The molecule has 0 aromatic heterocycles. The summed E-state index contributed by atoms with van der Waals surface area (Å²) in [7, 11) is 2.45. The van der Waals surface area contributed by atoms with Crippen LogP contribution in [0.5, 0.6) is 5.75 Å². The normalized spacial score (nSPS) is 13.4. The van der Waals surface area contributed by atoms with Crippen LogP contribution < -0.4 is 15.4 Å². The number of nitrogens with one attached hydrogen (secondary N) is 2. The van der Waals surface area contributed by atoms with E-state index in [2.05, 4.69) is 29.4 Å². The summed E-state index contributed by atoms with van der Waals surface area (Å²) in [5.74, 6) is 0.404. The first-order chi connectivity index (χ1) is 23.0. The highest BCUT2D eigenvalue weighted by Gasteiger charge is 2.49. The molecule has 11 nitrogen and oxygen atoms in total. The van der Waals surface area contributed by atoms with Crippen molar-refractivity contribution < 1.29 is 43.7 Å². The van der Waals surface area contributed by atoms with E-state index in [0.29, 0.717) is 42.8 Å². The maximum Gasteiger partial charge on any atom is 0.337 e. The highest BCUT2D eigenvalue weighted by atomic mass is 16.5. The summed E-state index contributed by atoms with van der Waals surface area (Å²) >= 11 is 0. The van der Waals surface area contributed by atoms with Crippen molar-refractivity contribution in [2.45, 2.75) is 115 Å². The van der Waals surface area contributed by atoms with Crippen LogP contribution in [0.15, 0.2) is 36.4 Å². The molecule has 0 saturated carbocycles. The molecule has 0 spiro atoms. The fraction of sp³-hybridized carbons (Fsp3) is 0.595. The average molecular weight is 671 g/mol. The van der Waals surface area contributed by atoms with Crippen LogP contribution in [0.4, 0.5) is 0 Å². The monoisotopic (exact) mass is 670 g/mol. The highest BCUT2D eigenvalue weighted by Crippen LogP contribution is 2.26. The van der Waals surface area contributed by atoms with Crippen LogP contribution in [0, 0.1) is 17.8 Å². The van der Waals surface area contributed by atoms with Gasteiger partial charge in [-0.3, -0.25) is 14.4 Å². The molecule has 266 valence electrons. The van der Waals surface area contributed by atoms with E-state index in [1.807, 2.05) is 0 Å². The first kappa shape index (κ1) is 41.9. The minimum Gasteiger partial charge on any atom is -0.481 e. The Morgan fingerprint density at radius 1 is 0.958 bits per heavy atom. The quantitative estimate of drug-likeness (QED) is 0.0500. The zero-order chi connectivity index (χ0) is 35.8. The van der Waals surface area contributed by atoms with E-state index in [9.17, 15) is 34.2 Å². The van der Waals surface area contributed by atoms with E-state index in [1.165, 1.54) is 32.4 Å². The first-order valence-corrected chi connectivity index (χ1v) is 16.9. The number of hydrogen-bond acceptors (Lipinski definition) is 8. The molecule has 0 aliphatic rings. The Bertz CT molecular complexity index is 1250. The highest BCUT2D eigenvalue weighted by molar-refractivity contribution is 5.95. The maximum atomic E-state index is 13.6. The number of benzene rings is 1. The van der Waals surface area contributed by atoms with Crippen LogP contribution in [-0.2, 0) is 35.1 Å². The lowest BCUT2D eigenvalue weighted by molar-refractivity contribution is -0.169. The molecule has 1 aromatic carbocycles. The lowest BCUT2D eigenvalue weighted by atomic mass is 9.82. The molecule has 1 aromatic rings. The second-order valence-electron chi connectivity index (χ2n) is 11.8. The van der Waals surface area contributed by atoms with Crippen molar-refractivity contribution >= 4 is 29.5 Å². The van der Waals surface area contributed by atoms with E-state index in [0.717, 1.165) is 39.2 Å². The second-order valence-corrected chi connectivity index (χ2v) is 11.8. The van der Waals surface area contributed by atoms with Crippen molar-refractivity contribution in [2.75, 3.05) is 20.8 Å². The summed E-state index contributed by atoms with van der Waals surface area (Å²) in [6, 6.07) is 5.58.